The Morgan fingerprint density at radius 2 is 1.82 bits per heavy atom. The Labute approximate surface area is 162 Å². The average molecular weight is 384 g/mol. The second kappa shape index (κ2) is 8.29. The van der Waals surface area contributed by atoms with Gasteiger partial charge in [0.1, 0.15) is 17.5 Å². The molecule has 1 heterocycles. The van der Waals surface area contributed by atoms with Crippen LogP contribution in [0.15, 0.2) is 42.5 Å². The molecular formula is C21H22F2N4O. The van der Waals surface area contributed by atoms with Crippen LogP contribution in [0.3, 0.4) is 0 Å². The zero-order valence-corrected chi connectivity index (χ0v) is 16.0. The fraction of sp³-hybridized carbons (Fsp3) is 0.286. The summed E-state index contributed by atoms with van der Waals surface area (Å²) in [6, 6.07) is 11.2. The number of aromatic nitrogens is 3. The van der Waals surface area contributed by atoms with Gasteiger partial charge in [0.2, 0.25) is 5.82 Å². The van der Waals surface area contributed by atoms with E-state index in [0.717, 1.165) is 17.3 Å². The molecule has 2 aromatic carbocycles. The van der Waals surface area contributed by atoms with Gasteiger partial charge >= 0.3 is 0 Å². The van der Waals surface area contributed by atoms with Crippen molar-refractivity contribution in [1.82, 2.24) is 20.1 Å². The fourth-order valence-electron chi connectivity index (χ4n) is 3.04. The van der Waals surface area contributed by atoms with Crippen molar-refractivity contribution in [3.05, 3.63) is 76.9 Å². The summed E-state index contributed by atoms with van der Waals surface area (Å²) < 4.78 is 28.1. The standard InChI is InChI=1S/C21H22F2N4O/c1-13(2)18-6-4-5-7-19(18)27-14(3)25-20(26-27)21(28)24-9-8-15-10-16(22)12-17(23)11-15/h4-7,10-13H,8-9H2,1-3H3,(H,24,28). The molecule has 0 bridgehead atoms. The van der Waals surface area contributed by atoms with Gasteiger partial charge in [-0.1, -0.05) is 32.0 Å². The zero-order chi connectivity index (χ0) is 20.3. The highest BCUT2D eigenvalue weighted by Crippen LogP contribution is 2.23. The fourth-order valence-corrected chi connectivity index (χ4v) is 3.04. The number of halogens is 2. The van der Waals surface area contributed by atoms with Crippen LogP contribution in [0, 0.1) is 18.6 Å². The Balaban J connectivity index is 1.71. The molecule has 0 fully saturated rings. The van der Waals surface area contributed by atoms with E-state index in [2.05, 4.69) is 29.2 Å². The Morgan fingerprint density at radius 1 is 1.14 bits per heavy atom. The third kappa shape index (κ3) is 4.42. The highest BCUT2D eigenvalue weighted by Gasteiger charge is 2.17. The minimum absolute atomic E-state index is 0.0569. The first-order chi connectivity index (χ1) is 13.3. The molecule has 1 aromatic heterocycles. The summed E-state index contributed by atoms with van der Waals surface area (Å²) in [5, 5.41) is 7.04. The molecule has 0 unspecified atom stereocenters. The van der Waals surface area contributed by atoms with Crippen LogP contribution in [0.5, 0.6) is 0 Å². The predicted octanol–water partition coefficient (Wildman–Crippen LogP) is 3.95. The second-order valence-corrected chi connectivity index (χ2v) is 6.89. The molecule has 1 N–H and O–H groups in total. The SMILES string of the molecule is Cc1nc(C(=O)NCCc2cc(F)cc(F)c2)nn1-c1ccccc1C(C)C. The number of hydrogen-bond acceptors (Lipinski definition) is 3. The van der Waals surface area contributed by atoms with Crippen LogP contribution in [0.25, 0.3) is 5.69 Å². The van der Waals surface area contributed by atoms with E-state index in [9.17, 15) is 13.6 Å². The van der Waals surface area contributed by atoms with E-state index in [1.807, 2.05) is 24.3 Å². The summed E-state index contributed by atoms with van der Waals surface area (Å²) in [6.07, 6.45) is 0.302. The third-order valence-corrected chi connectivity index (χ3v) is 4.38. The molecule has 0 aliphatic rings. The maximum atomic E-state index is 13.2. The van der Waals surface area contributed by atoms with Gasteiger partial charge < -0.3 is 5.32 Å². The van der Waals surface area contributed by atoms with E-state index in [4.69, 9.17) is 0 Å². The highest BCUT2D eigenvalue weighted by atomic mass is 19.1. The van der Waals surface area contributed by atoms with Gasteiger partial charge in [-0.25, -0.2) is 18.4 Å². The maximum absolute atomic E-state index is 13.2. The summed E-state index contributed by atoms with van der Waals surface area (Å²) >= 11 is 0. The van der Waals surface area contributed by atoms with Crippen molar-refractivity contribution in [3.63, 3.8) is 0 Å². The van der Waals surface area contributed by atoms with Gasteiger partial charge in [-0.15, -0.1) is 5.10 Å². The first-order valence-electron chi connectivity index (χ1n) is 9.11. The molecule has 3 rings (SSSR count). The molecule has 1 amide bonds. The van der Waals surface area contributed by atoms with E-state index in [1.54, 1.807) is 11.6 Å². The number of nitrogens with zero attached hydrogens (tertiary/aromatic N) is 3. The van der Waals surface area contributed by atoms with Crippen LogP contribution < -0.4 is 5.32 Å². The summed E-state index contributed by atoms with van der Waals surface area (Å²) in [5.41, 5.74) is 2.46. The molecule has 0 radical (unpaired) electrons. The second-order valence-electron chi connectivity index (χ2n) is 6.89. The largest absolute Gasteiger partial charge is 0.349 e. The number of nitrogens with one attached hydrogen (secondary N) is 1. The lowest BCUT2D eigenvalue weighted by molar-refractivity contribution is 0.0944. The molecule has 146 valence electrons. The van der Waals surface area contributed by atoms with Crippen LogP contribution in [-0.2, 0) is 6.42 Å². The van der Waals surface area contributed by atoms with E-state index < -0.39 is 17.5 Å². The number of carbonyl (C=O) groups is 1. The number of para-hydroxylation sites is 1. The summed E-state index contributed by atoms with van der Waals surface area (Å²) in [7, 11) is 0. The van der Waals surface area contributed by atoms with Gasteiger partial charge in [-0.3, -0.25) is 4.79 Å². The minimum Gasteiger partial charge on any atom is -0.349 e. The van der Waals surface area contributed by atoms with Crippen molar-refractivity contribution < 1.29 is 13.6 Å². The molecule has 0 spiro atoms. The Kier molecular flexibility index (Phi) is 5.82. The summed E-state index contributed by atoms with van der Waals surface area (Å²) in [4.78, 5) is 16.6. The highest BCUT2D eigenvalue weighted by molar-refractivity contribution is 5.90. The van der Waals surface area contributed by atoms with Crippen molar-refractivity contribution in [2.24, 2.45) is 0 Å². The summed E-state index contributed by atoms with van der Waals surface area (Å²) in [5.74, 6) is -0.751. The van der Waals surface area contributed by atoms with Crippen molar-refractivity contribution in [1.29, 1.82) is 0 Å². The van der Waals surface area contributed by atoms with E-state index in [1.165, 1.54) is 12.1 Å². The summed E-state index contributed by atoms with van der Waals surface area (Å²) in [6.45, 7) is 6.19. The van der Waals surface area contributed by atoms with Gasteiger partial charge in [-0.2, -0.15) is 0 Å². The van der Waals surface area contributed by atoms with Crippen molar-refractivity contribution in [2.75, 3.05) is 6.54 Å². The van der Waals surface area contributed by atoms with Crippen LogP contribution >= 0.6 is 0 Å². The monoisotopic (exact) mass is 384 g/mol. The van der Waals surface area contributed by atoms with Crippen molar-refractivity contribution >= 4 is 5.91 Å². The van der Waals surface area contributed by atoms with Gasteiger partial charge in [0.25, 0.3) is 5.91 Å². The molecule has 0 saturated heterocycles. The topological polar surface area (TPSA) is 59.8 Å². The lowest BCUT2D eigenvalue weighted by atomic mass is 10.0. The van der Waals surface area contributed by atoms with Crippen molar-refractivity contribution in [3.8, 4) is 5.69 Å². The predicted molar refractivity (Wildman–Crippen MR) is 103 cm³/mol. The Morgan fingerprint density at radius 3 is 2.50 bits per heavy atom. The Hall–Kier alpha value is -3.09. The van der Waals surface area contributed by atoms with Gasteiger partial charge in [0, 0.05) is 12.6 Å². The van der Waals surface area contributed by atoms with Crippen LogP contribution in [0.1, 0.15) is 47.3 Å². The molecule has 3 aromatic rings. The average Bonchev–Trinajstić information content (AvgIpc) is 3.02. The van der Waals surface area contributed by atoms with Crippen LogP contribution in [0.4, 0.5) is 8.78 Å². The number of rotatable bonds is 6. The number of amides is 1. The first kappa shape index (κ1) is 19.7. The smallest absolute Gasteiger partial charge is 0.290 e. The molecule has 28 heavy (non-hydrogen) atoms. The van der Waals surface area contributed by atoms with Crippen LogP contribution in [0.2, 0.25) is 0 Å². The molecule has 0 saturated carbocycles. The number of carbonyl (C=O) groups excluding carboxylic acids is 1. The molecule has 0 aliphatic heterocycles. The van der Waals surface area contributed by atoms with E-state index in [0.29, 0.717) is 23.7 Å². The molecule has 0 atom stereocenters. The molecule has 5 nitrogen and oxygen atoms in total. The van der Waals surface area contributed by atoms with Gasteiger partial charge in [0.05, 0.1) is 5.69 Å². The molecule has 7 heteroatoms. The lowest BCUT2D eigenvalue weighted by Crippen LogP contribution is -2.27. The minimum atomic E-state index is -0.638. The number of aryl methyl sites for hydroxylation is 1. The zero-order valence-electron chi connectivity index (χ0n) is 16.0. The maximum Gasteiger partial charge on any atom is 0.290 e. The number of hydrogen-bond donors (Lipinski definition) is 1. The van der Waals surface area contributed by atoms with Crippen molar-refractivity contribution in [2.45, 2.75) is 33.1 Å². The van der Waals surface area contributed by atoms with E-state index in [-0.39, 0.29) is 12.4 Å². The quantitative estimate of drug-likeness (QED) is 0.700. The first-order valence-corrected chi connectivity index (χ1v) is 9.11. The van der Waals surface area contributed by atoms with Crippen LogP contribution in [-0.4, -0.2) is 27.2 Å². The third-order valence-electron chi connectivity index (χ3n) is 4.38. The Bertz CT molecular complexity index is 978. The van der Waals surface area contributed by atoms with E-state index >= 15 is 0 Å². The molecule has 0 aliphatic carbocycles. The number of benzene rings is 2. The lowest BCUT2D eigenvalue weighted by Gasteiger charge is -2.12. The molecular weight excluding hydrogens is 362 g/mol. The van der Waals surface area contributed by atoms with Gasteiger partial charge in [0.15, 0.2) is 0 Å². The van der Waals surface area contributed by atoms with Gasteiger partial charge in [-0.05, 0) is 48.6 Å². The normalized spacial score (nSPS) is 11.1.